The van der Waals surface area contributed by atoms with E-state index in [1.54, 1.807) is 0 Å². The zero-order valence-electron chi connectivity index (χ0n) is 3.87. The Morgan fingerprint density at radius 2 is 2.00 bits per heavy atom. The van der Waals surface area contributed by atoms with E-state index in [2.05, 4.69) is 0 Å². The lowest BCUT2D eigenvalue weighted by Crippen LogP contribution is -2.04. The molecule has 0 aliphatic rings. The van der Waals surface area contributed by atoms with Crippen LogP contribution in [0.1, 0.15) is 0 Å². The van der Waals surface area contributed by atoms with Crippen molar-refractivity contribution in [3.05, 3.63) is 0 Å². The average molecular weight is 138 g/mol. The summed E-state index contributed by atoms with van der Waals surface area (Å²) in [6.07, 6.45) is -0.979. The van der Waals surface area contributed by atoms with Crippen molar-refractivity contribution in [2.45, 2.75) is 0 Å². The molecule has 0 bridgehead atoms. The van der Waals surface area contributed by atoms with E-state index < -0.39 is 19.7 Å². The van der Waals surface area contributed by atoms with Crippen molar-refractivity contribution in [3.63, 3.8) is 0 Å². The molecule has 0 aromatic heterocycles. The Morgan fingerprint density at radius 3 is 2.00 bits per heavy atom. The van der Waals surface area contributed by atoms with Crippen LogP contribution in [-0.2, 0) is 9.36 Å². The maximum Gasteiger partial charge on any atom is 0.334 e. The first-order valence-electron chi connectivity index (χ1n) is 1.71. The molecule has 0 fully saturated rings. The van der Waals surface area contributed by atoms with E-state index in [4.69, 9.17) is 15.5 Å². The highest BCUT2D eigenvalue weighted by Gasteiger charge is 2.16. The van der Waals surface area contributed by atoms with Gasteiger partial charge in [-0.3, -0.25) is 15.1 Å². The lowest BCUT2D eigenvalue weighted by molar-refractivity contribution is -0.116. The van der Waals surface area contributed by atoms with E-state index in [0.717, 1.165) is 0 Å². The van der Waals surface area contributed by atoms with E-state index in [0.29, 0.717) is 0 Å². The minimum absolute atomic E-state index is 0.979. The van der Waals surface area contributed by atoms with Crippen LogP contribution in [0.2, 0.25) is 0 Å². The van der Waals surface area contributed by atoms with Gasteiger partial charge in [0.15, 0.2) is 0 Å². The first-order chi connectivity index (χ1) is 3.42. The van der Waals surface area contributed by atoms with Crippen LogP contribution in [0.3, 0.4) is 0 Å². The van der Waals surface area contributed by atoms with Crippen molar-refractivity contribution in [2.75, 3.05) is 6.16 Å². The predicted molar refractivity (Wildman–Crippen MR) is 25.0 cm³/mol. The van der Waals surface area contributed by atoms with E-state index in [-0.39, 0.29) is 0 Å². The molecule has 0 aromatic rings. The minimum atomic E-state index is -4.26. The third-order valence-electron chi connectivity index (χ3n) is 0.350. The summed E-state index contributed by atoms with van der Waals surface area (Å²) < 4.78 is 9.80. The third kappa shape index (κ3) is 5.62. The first kappa shape index (κ1) is 7.62. The smallest absolute Gasteiger partial charge is 0.324 e. The second kappa shape index (κ2) is 2.26. The van der Waals surface area contributed by atoms with Gasteiger partial charge in [-0.25, -0.2) is 0 Å². The van der Waals surface area contributed by atoms with Gasteiger partial charge in [-0.15, -0.1) is 0 Å². The van der Waals surface area contributed by atoms with Gasteiger partial charge in [0.25, 0.3) is 5.91 Å². The second-order valence-corrected chi connectivity index (χ2v) is 2.89. The molecule has 0 rings (SSSR count). The SMILES string of the molecule is [NH]C(=O)CP(=O)(O)O. The average Bonchev–Trinajstić information content (AvgIpc) is 1.21. The van der Waals surface area contributed by atoms with Crippen LogP contribution in [0, 0.1) is 0 Å². The lowest BCUT2D eigenvalue weighted by Gasteiger charge is -1.95. The molecular formula is C2H5NO4P. The molecule has 0 spiro atoms. The van der Waals surface area contributed by atoms with Crippen LogP contribution in [0.25, 0.3) is 0 Å². The van der Waals surface area contributed by atoms with E-state index in [1.165, 1.54) is 0 Å². The summed E-state index contributed by atoms with van der Waals surface area (Å²) in [6.45, 7) is 0. The Kier molecular flexibility index (Phi) is 2.15. The summed E-state index contributed by atoms with van der Waals surface area (Å²) in [6, 6.07) is 0. The molecule has 0 aromatic carbocycles. The molecule has 1 radical (unpaired) electrons. The lowest BCUT2D eigenvalue weighted by atomic mass is 10.8. The van der Waals surface area contributed by atoms with E-state index in [9.17, 15) is 9.36 Å². The van der Waals surface area contributed by atoms with Crippen molar-refractivity contribution in [1.82, 2.24) is 5.73 Å². The number of hydrogen-bond donors (Lipinski definition) is 2. The van der Waals surface area contributed by atoms with Crippen molar-refractivity contribution >= 4 is 13.5 Å². The van der Waals surface area contributed by atoms with Crippen molar-refractivity contribution < 1.29 is 19.1 Å². The Bertz CT molecular complexity index is 137. The minimum Gasteiger partial charge on any atom is -0.324 e. The molecule has 0 saturated heterocycles. The fourth-order valence-corrected chi connectivity index (χ4v) is 0.561. The molecule has 47 valence electrons. The summed E-state index contributed by atoms with van der Waals surface area (Å²) in [5.41, 5.74) is 6.10. The molecule has 5 nitrogen and oxygen atoms in total. The summed E-state index contributed by atoms with van der Waals surface area (Å²) in [5.74, 6) is -1.24. The topological polar surface area (TPSA) is 98.4 Å². The predicted octanol–water partition coefficient (Wildman–Crippen LogP) is -1.03. The summed E-state index contributed by atoms with van der Waals surface area (Å²) in [7, 11) is -4.26. The number of rotatable bonds is 2. The Morgan fingerprint density at radius 1 is 1.62 bits per heavy atom. The number of hydrogen-bond acceptors (Lipinski definition) is 2. The summed E-state index contributed by atoms with van der Waals surface area (Å²) in [5, 5.41) is 0. The fourth-order valence-electron chi connectivity index (χ4n) is 0.187. The van der Waals surface area contributed by atoms with Gasteiger partial charge in [-0.2, -0.15) is 0 Å². The van der Waals surface area contributed by atoms with Gasteiger partial charge in [0.05, 0.1) is 0 Å². The third-order valence-corrected chi connectivity index (χ3v) is 1.05. The molecular weight excluding hydrogens is 133 g/mol. The molecule has 6 heteroatoms. The Balaban J connectivity index is 3.74. The number of nitrogens with one attached hydrogen (secondary N) is 1. The van der Waals surface area contributed by atoms with Crippen LogP contribution in [0.4, 0.5) is 0 Å². The van der Waals surface area contributed by atoms with Gasteiger partial charge in [0.2, 0.25) is 0 Å². The van der Waals surface area contributed by atoms with Gasteiger partial charge in [-0.05, 0) is 0 Å². The molecule has 1 amide bonds. The molecule has 0 unspecified atom stereocenters. The Labute approximate surface area is 45.7 Å². The van der Waals surface area contributed by atoms with Crippen molar-refractivity contribution in [2.24, 2.45) is 0 Å². The van der Waals surface area contributed by atoms with Crippen LogP contribution in [0.15, 0.2) is 0 Å². The maximum absolute atomic E-state index is 9.80. The zero-order chi connectivity index (χ0) is 6.78. The highest BCUT2D eigenvalue weighted by molar-refractivity contribution is 7.52. The number of carbonyl (C=O) groups excluding carboxylic acids is 1. The van der Waals surface area contributed by atoms with E-state index >= 15 is 0 Å². The van der Waals surface area contributed by atoms with Crippen molar-refractivity contribution in [3.8, 4) is 0 Å². The highest BCUT2D eigenvalue weighted by atomic mass is 31.2. The highest BCUT2D eigenvalue weighted by Crippen LogP contribution is 2.32. The number of carbonyl (C=O) groups is 1. The van der Waals surface area contributed by atoms with Crippen LogP contribution in [0.5, 0.6) is 0 Å². The quantitative estimate of drug-likeness (QED) is 0.476. The fraction of sp³-hybridized carbons (Fsp3) is 0.500. The first-order valence-corrected chi connectivity index (χ1v) is 3.50. The van der Waals surface area contributed by atoms with E-state index in [1.807, 2.05) is 0 Å². The summed E-state index contributed by atoms with van der Waals surface area (Å²) >= 11 is 0. The molecule has 0 heterocycles. The van der Waals surface area contributed by atoms with Gasteiger partial charge in [0, 0.05) is 0 Å². The largest absolute Gasteiger partial charge is 0.334 e. The Hall–Kier alpha value is -0.380. The van der Waals surface area contributed by atoms with Crippen LogP contribution < -0.4 is 5.73 Å². The number of amides is 1. The molecule has 0 atom stereocenters. The maximum atomic E-state index is 9.80. The monoisotopic (exact) mass is 138 g/mol. The van der Waals surface area contributed by atoms with Crippen molar-refractivity contribution in [1.29, 1.82) is 0 Å². The van der Waals surface area contributed by atoms with Gasteiger partial charge >= 0.3 is 7.60 Å². The molecule has 8 heavy (non-hydrogen) atoms. The molecule has 3 N–H and O–H groups in total. The van der Waals surface area contributed by atoms with Crippen LogP contribution >= 0.6 is 7.60 Å². The van der Waals surface area contributed by atoms with Gasteiger partial charge in [0.1, 0.15) is 6.16 Å². The normalized spacial score (nSPS) is 11.2. The summed E-state index contributed by atoms with van der Waals surface area (Å²) in [4.78, 5) is 25.6. The zero-order valence-corrected chi connectivity index (χ0v) is 4.76. The second-order valence-electron chi connectivity index (χ2n) is 1.25. The van der Waals surface area contributed by atoms with Crippen LogP contribution in [-0.4, -0.2) is 21.9 Å². The molecule has 0 saturated carbocycles. The standard InChI is InChI=1S/C2H5NO4P/c3-2(4)1-8(5,6)7/h3H,1H2,(H2,5,6,7). The van der Waals surface area contributed by atoms with Gasteiger partial charge in [-0.1, -0.05) is 0 Å². The van der Waals surface area contributed by atoms with Gasteiger partial charge < -0.3 is 9.79 Å². The molecule has 0 aliphatic carbocycles. The molecule has 0 aliphatic heterocycles.